The number of nitrogens with one attached hydrogen (secondary N) is 1. The van der Waals surface area contributed by atoms with Gasteiger partial charge in [-0.2, -0.15) is 0 Å². The van der Waals surface area contributed by atoms with Crippen LogP contribution in [0.5, 0.6) is 0 Å². The highest BCUT2D eigenvalue weighted by molar-refractivity contribution is 5.78. The second-order valence-corrected chi connectivity index (χ2v) is 3.43. The Morgan fingerprint density at radius 1 is 1.19 bits per heavy atom. The van der Waals surface area contributed by atoms with Crippen LogP contribution in [0.1, 0.15) is 0 Å². The molecule has 0 bridgehead atoms. The number of aromatic nitrogens is 2. The van der Waals surface area contributed by atoms with Crippen molar-refractivity contribution in [2.45, 2.75) is 0 Å². The lowest BCUT2D eigenvalue weighted by Crippen LogP contribution is -1.95. The fourth-order valence-corrected chi connectivity index (χ4v) is 1.58. The van der Waals surface area contributed by atoms with E-state index in [1.54, 1.807) is 0 Å². The summed E-state index contributed by atoms with van der Waals surface area (Å²) in [6.45, 7) is 0. The van der Waals surface area contributed by atoms with Gasteiger partial charge in [0.05, 0.1) is 17.3 Å². The third kappa shape index (κ3) is 1.40. The SMILES string of the molecule is O=c1ccoc(-c2nc3ccccc3[nH]2)c1. The molecule has 0 aliphatic heterocycles. The molecule has 0 saturated heterocycles. The highest BCUT2D eigenvalue weighted by Gasteiger charge is 2.06. The topological polar surface area (TPSA) is 58.9 Å². The number of hydrogen-bond acceptors (Lipinski definition) is 3. The smallest absolute Gasteiger partial charge is 0.185 e. The van der Waals surface area contributed by atoms with Crippen LogP contribution < -0.4 is 5.43 Å². The molecule has 0 saturated carbocycles. The molecule has 0 amide bonds. The van der Waals surface area contributed by atoms with Crippen LogP contribution in [-0.2, 0) is 0 Å². The fraction of sp³-hybridized carbons (Fsp3) is 0. The number of nitrogens with zero attached hydrogens (tertiary/aromatic N) is 1. The molecule has 16 heavy (non-hydrogen) atoms. The maximum atomic E-state index is 11.2. The van der Waals surface area contributed by atoms with Gasteiger partial charge in [0.25, 0.3) is 0 Å². The number of rotatable bonds is 1. The molecule has 0 atom stereocenters. The molecule has 78 valence electrons. The minimum Gasteiger partial charge on any atom is -0.461 e. The fourth-order valence-electron chi connectivity index (χ4n) is 1.58. The maximum Gasteiger partial charge on any atom is 0.185 e. The zero-order chi connectivity index (χ0) is 11.0. The van der Waals surface area contributed by atoms with E-state index in [0.717, 1.165) is 11.0 Å². The molecular weight excluding hydrogens is 204 g/mol. The van der Waals surface area contributed by atoms with Crippen molar-refractivity contribution in [3.63, 3.8) is 0 Å². The third-order valence-electron chi connectivity index (χ3n) is 2.32. The Labute approximate surface area is 90.6 Å². The van der Waals surface area contributed by atoms with Gasteiger partial charge in [-0.1, -0.05) is 12.1 Å². The first-order valence-electron chi connectivity index (χ1n) is 4.87. The predicted molar refractivity (Wildman–Crippen MR) is 60.1 cm³/mol. The molecule has 0 fully saturated rings. The second kappa shape index (κ2) is 3.34. The maximum absolute atomic E-state index is 11.2. The van der Waals surface area contributed by atoms with Crippen molar-refractivity contribution in [1.29, 1.82) is 0 Å². The number of benzene rings is 1. The molecule has 0 aliphatic carbocycles. The Hall–Kier alpha value is -2.36. The summed E-state index contributed by atoms with van der Waals surface area (Å²) in [5, 5.41) is 0. The van der Waals surface area contributed by atoms with Crippen molar-refractivity contribution in [2.75, 3.05) is 0 Å². The molecule has 2 aromatic heterocycles. The summed E-state index contributed by atoms with van der Waals surface area (Å²) in [6, 6.07) is 10.4. The Morgan fingerprint density at radius 3 is 2.88 bits per heavy atom. The van der Waals surface area contributed by atoms with Gasteiger partial charge in [-0.15, -0.1) is 0 Å². The lowest BCUT2D eigenvalue weighted by Gasteiger charge is -1.92. The van der Waals surface area contributed by atoms with E-state index in [1.807, 2.05) is 24.3 Å². The number of imidazole rings is 1. The molecule has 2 heterocycles. The second-order valence-electron chi connectivity index (χ2n) is 3.43. The molecule has 1 aromatic carbocycles. The molecule has 0 unspecified atom stereocenters. The average Bonchev–Trinajstić information content (AvgIpc) is 2.72. The van der Waals surface area contributed by atoms with Crippen LogP contribution in [-0.4, -0.2) is 9.97 Å². The Kier molecular flexibility index (Phi) is 1.86. The van der Waals surface area contributed by atoms with E-state index in [-0.39, 0.29) is 5.43 Å². The first kappa shape index (κ1) is 8.91. The van der Waals surface area contributed by atoms with Crippen molar-refractivity contribution in [1.82, 2.24) is 9.97 Å². The van der Waals surface area contributed by atoms with Crippen LogP contribution in [0.3, 0.4) is 0 Å². The summed E-state index contributed by atoms with van der Waals surface area (Å²) in [4.78, 5) is 18.6. The van der Waals surface area contributed by atoms with Gasteiger partial charge in [0, 0.05) is 12.1 Å². The molecule has 1 N–H and O–H groups in total. The van der Waals surface area contributed by atoms with Crippen molar-refractivity contribution >= 4 is 11.0 Å². The number of para-hydroxylation sites is 2. The lowest BCUT2D eigenvalue weighted by atomic mass is 10.3. The highest BCUT2D eigenvalue weighted by atomic mass is 16.3. The van der Waals surface area contributed by atoms with Gasteiger partial charge in [0.2, 0.25) is 0 Å². The number of fused-ring (bicyclic) bond motifs is 1. The van der Waals surface area contributed by atoms with Crippen LogP contribution >= 0.6 is 0 Å². The van der Waals surface area contributed by atoms with Crippen LogP contribution in [0.25, 0.3) is 22.6 Å². The van der Waals surface area contributed by atoms with Gasteiger partial charge < -0.3 is 9.40 Å². The molecular formula is C12H8N2O2. The molecule has 4 heteroatoms. The van der Waals surface area contributed by atoms with E-state index in [9.17, 15) is 4.79 Å². The largest absolute Gasteiger partial charge is 0.461 e. The zero-order valence-electron chi connectivity index (χ0n) is 8.31. The first-order chi connectivity index (χ1) is 7.83. The summed E-state index contributed by atoms with van der Waals surface area (Å²) >= 11 is 0. The monoisotopic (exact) mass is 212 g/mol. The Balaban J connectivity index is 2.23. The summed E-state index contributed by atoms with van der Waals surface area (Å²) in [5.41, 5.74) is 1.68. The van der Waals surface area contributed by atoms with Crippen molar-refractivity contribution in [2.24, 2.45) is 0 Å². The summed E-state index contributed by atoms with van der Waals surface area (Å²) in [7, 11) is 0. The number of H-pyrrole nitrogens is 1. The third-order valence-corrected chi connectivity index (χ3v) is 2.32. The molecule has 0 aliphatic rings. The van der Waals surface area contributed by atoms with Gasteiger partial charge in [0.1, 0.15) is 0 Å². The standard InChI is InChI=1S/C12H8N2O2/c15-8-5-6-16-11(7-8)12-13-9-3-1-2-4-10(9)14-12/h1-7H,(H,13,14). The molecule has 4 nitrogen and oxygen atoms in total. The number of aromatic amines is 1. The highest BCUT2D eigenvalue weighted by Crippen LogP contribution is 2.18. The van der Waals surface area contributed by atoms with Crippen molar-refractivity contribution in [3.05, 3.63) is 52.9 Å². The summed E-state index contributed by atoms with van der Waals surface area (Å²) in [6.07, 6.45) is 1.37. The van der Waals surface area contributed by atoms with Gasteiger partial charge >= 0.3 is 0 Å². The van der Waals surface area contributed by atoms with Gasteiger partial charge in [0.15, 0.2) is 17.0 Å². The van der Waals surface area contributed by atoms with E-state index in [0.29, 0.717) is 11.6 Å². The van der Waals surface area contributed by atoms with Gasteiger partial charge in [-0.3, -0.25) is 4.79 Å². The van der Waals surface area contributed by atoms with Gasteiger partial charge in [-0.05, 0) is 12.1 Å². The Morgan fingerprint density at radius 2 is 2.06 bits per heavy atom. The first-order valence-corrected chi connectivity index (χ1v) is 4.87. The molecule has 3 aromatic rings. The predicted octanol–water partition coefficient (Wildman–Crippen LogP) is 2.18. The van der Waals surface area contributed by atoms with E-state index in [2.05, 4.69) is 9.97 Å². The van der Waals surface area contributed by atoms with Crippen molar-refractivity contribution in [3.8, 4) is 11.6 Å². The molecule has 0 spiro atoms. The van der Waals surface area contributed by atoms with Gasteiger partial charge in [-0.25, -0.2) is 4.98 Å². The average molecular weight is 212 g/mol. The Bertz CT molecular complexity index is 664. The summed E-state index contributed by atoms with van der Waals surface area (Å²) in [5.74, 6) is 1.02. The van der Waals surface area contributed by atoms with E-state index >= 15 is 0 Å². The number of hydrogen-bond donors (Lipinski definition) is 1. The van der Waals surface area contributed by atoms with Crippen LogP contribution in [0.15, 0.2) is 51.9 Å². The normalized spacial score (nSPS) is 10.8. The van der Waals surface area contributed by atoms with E-state index in [1.165, 1.54) is 18.4 Å². The minimum atomic E-state index is -0.0956. The van der Waals surface area contributed by atoms with Crippen LogP contribution in [0.4, 0.5) is 0 Å². The minimum absolute atomic E-state index is 0.0956. The molecule has 0 radical (unpaired) electrons. The van der Waals surface area contributed by atoms with Crippen molar-refractivity contribution < 1.29 is 4.42 Å². The van der Waals surface area contributed by atoms with E-state index in [4.69, 9.17) is 4.42 Å². The zero-order valence-corrected chi connectivity index (χ0v) is 8.31. The lowest BCUT2D eigenvalue weighted by molar-refractivity contribution is 0.560. The quantitative estimate of drug-likeness (QED) is 0.672. The van der Waals surface area contributed by atoms with Crippen LogP contribution in [0.2, 0.25) is 0 Å². The van der Waals surface area contributed by atoms with E-state index < -0.39 is 0 Å². The summed E-state index contributed by atoms with van der Waals surface area (Å²) < 4.78 is 5.23. The molecule has 3 rings (SSSR count). The van der Waals surface area contributed by atoms with Crippen LogP contribution in [0, 0.1) is 0 Å².